The minimum Gasteiger partial charge on any atom is -0.493 e. The Balaban J connectivity index is 1.56. The zero-order chi connectivity index (χ0) is 29.1. The third kappa shape index (κ3) is 6.01. The predicted molar refractivity (Wildman–Crippen MR) is 158 cm³/mol. The number of hydrogen-bond acceptors (Lipinski definition) is 8. The lowest BCUT2D eigenvalue weighted by Gasteiger charge is -2.30. The molecule has 1 aliphatic carbocycles. The first kappa shape index (κ1) is 28.1. The molecular formula is C33H36N2O6. The number of fused-ring (bicyclic) bond motifs is 1. The highest BCUT2D eigenvalue weighted by Gasteiger charge is 2.36. The second-order valence-electron chi connectivity index (χ2n) is 10.5. The van der Waals surface area contributed by atoms with Gasteiger partial charge in [-0.2, -0.15) is 0 Å². The van der Waals surface area contributed by atoms with Gasteiger partial charge in [0.05, 0.1) is 37.2 Å². The minimum atomic E-state index is -0.434. The van der Waals surface area contributed by atoms with Crippen molar-refractivity contribution >= 4 is 23.1 Å². The summed E-state index contributed by atoms with van der Waals surface area (Å²) in [6.07, 6.45) is 1.02. The van der Waals surface area contributed by atoms with Crippen molar-refractivity contribution in [1.29, 1.82) is 0 Å². The molecule has 0 amide bonds. The molecule has 41 heavy (non-hydrogen) atoms. The van der Waals surface area contributed by atoms with Crippen LogP contribution in [0.1, 0.15) is 63.6 Å². The van der Waals surface area contributed by atoms with Gasteiger partial charge in [-0.25, -0.2) is 0 Å². The van der Waals surface area contributed by atoms with Gasteiger partial charge in [0.25, 0.3) is 0 Å². The monoisotopic (exact) mass is 556 g/mol. The number of Topliss-reactive ketones (excluding diaryl/α,β-unsaturated/α-hetero) is 1. The molecule has 0 saturated heterocycles. The van der Waals surface area contributed by atoms with Gasteiger partial charge in [0.2, 0.25) is 0 Å². The normalized spacial score (nSPS) is 18.0. The van der Waals surface area contributed by atoms with Gasteiger partial charge >= 0.3 is 5.97 Å². The molecule has 0 aromatic heterocycles. The number of ether oxygens (including phenoxy) is 4. The highest BCUT2D eigenvalue weighted by atomic mass is 16.6. The average Bonchev–Trinajstić information content (AvgIpc) is 3.11. The third-order valence-corrected chi connectivity index (χ3v) is 7.19. The van der Waals surface area contributed by atoms with Crippen molar-refractivity contribution in [3.8, 4) is 23.0 Å². The van der Waals surface area contributed by atoms with Crippen LogP contribution in [0.4, 0.5) is 11.4 Å². The summed E-state index contributed by atoms with van der Waals surface area (Å²) in [5.41, 5.74) is 5.19. The lowest BCUT2D eigenvalue weighted by molar-refractivity contribution is -0.132. The summed E-state index contributed by atoms with van der Waals surface area (Å²) >= 11 is 0. The standard InChI is InChI=1S/C33H36N2O6/c1-6-39-31-18-22(12-14-29(31)41-20(4)36)33-32-26(34-24-9-7-8-10-25(24)35-33)15-23(16-27(32)37)21-11-13-28(40-19(2)3)30(17-21)38-5/h7-14,17-19,23,33-35H,6,15-16H2,1-5H3. The summed E-state index contributed by atoms with van der Waals surface area (Å²) in [5, 5.41) is 7.17. The quantitative estimate of drug-likeness (QED) is 0.231. The fraction of sp³-hybridized carbons (Fsp3) is 0.333. The van der Waals surface area contributed by atoms with Gasteiger partial charge in [-0.15, -0.1) is 0 Å². The second-order valence-corrected chi connectivity index (χ2v) is 10.5. The molecule has 3 aromatic rings. The number of para-hydroxylation sites is 2. The van der Waals surface area contributed by atoms with E-state index >= 15 is 0 Å². The highest BCUT2D eigenvalue weighted by Crippen LogP contribution is 2.46. The second kappa shape index (κ2) is 12.0. The number of ketones is 1. The number of rotatable bonds is 8. The van der Waals surface area contributed by atoms with Crippen LogP contribution in [0.5, 0.6) is 23.0 Å². The molecule has 0 spiro atoms. The van der Waals surface area contributed by atoms with Gasteiger partial charge in [0.1, 0.15) is 0 Å². The first-order chi connectivity index (χ1) is 19.8. The summed E-state index contributed by atoms with van der Waals surface area (Å²) in [6, 6.07) is 18.8. The van der Waals surface area contributed by atoms with Gasteiger partial charge in [-0.3, -0.25) is 9.59 Å². The Bertz CT molecular complexity index is 1490. The van der Waals surface area contributed by atoms with Gasteiger partial charge in [-0.1, -0.05) is 24.3 Å². The lowest BCUT2D eigenvalue weighted by atomic mass is 9.78. The SMILES string of the molecule is CCOc1cc(C2Nc3ccccc3NC3=C2C(=O)CC(c2ccc(OC(C)C)c(OC)c2)C3)ccc1OC(C)=O. The van der Waals surface area contributed by atoms with E-state index in [1.165, 1.54) is 6.92 Å². The van der Waals surface area contributed by atoms with Crippen molar-refractivity contribution in [2.45, 2.75) is 58.6 Å². The molecule has 1 aliphatic heterocycles. The van der Waals surface area contributed by atoms with Crippen molar-refractivity contribution in [2.24, 2.45) is 0 Å². The van der Waals surface area contributed by atoms with E-state index in [4.69, 9.17) is 18.9 Å². The topological polar surface area (TPSA) is 95.1 Å². The Morgan fingerprint density at radius 3 is 2.34 bits per heavy atom. The molecule has 3 aromatic carbocycles. The van der Waals surface area contributed by atoms with Gasteiger partial charge in [0, 0.05) is 24.6 Å². The van der Waals surface area contributed by atoms with Gasteiger partial charge in [-0.05, 0) is 80.6 Å². The van der Waals surface area contributed by atoms with E-state index in [-0.39, 0.29) is 17.8 Å². The molecule has 0 fully saturated rings. The Hall–Kier alpha value is -4.46. The molecule has 2 N–H and O–H groups in total. The fourth-order valence-corrected chi connectivity index (χ4v) is 5.48. The highest BCUT2D eigenvalue weighted by molar-refractivity contribution is 6.01. The van der Waals surface area contributed by atoms with Crippen LogP contribution >= 0.6 is 0 Å². The lowest BCUT2D eigenvalue weighted by Crippen LogP contribution is -2.27. The largest absolute Gasteiger partial charge is 0.493 e. The predicted octanol–water partition coefficient (Wildman–Crippen LogP) is 6.79. The van der Waals surface area contributed by atoms with Crippen LogP contribution in [0.25, 0.3) is 0 Å². The maximum absolute atomic E-state index is 14.0. The van der Waals surface area contributed by atoms with E-state index < -0.39 is 12.0 Å². The van der Waals surface area contributed by atoms with Crippen LogP contribution in [0.15, 0.2) is 71.9 Å². The maximum Gasteiger partial charge on any atom is 0.308 e. The molecular weight excluding hydrogens is 520 g/mol. The Morgan fingerprint density at radius 1 is 0.927 bits per heavy atom. The van der Waals surface area contributed by atoms with Crippen molar-refractivity contribution < 1.29 is 28.5 Å². The molecule has 8 heteroatoms. The number of methoxy groups -OCH3 is 1. The summed E-state index contributed by atoms with van der Waals surface area (Å²) in [5.74, 6) is 1.72. The molecule has 1 heterocycles. The van der Waals surface area contributed by atoms with Crippen molar-refractivity contribution in [3.63, 3.8) is 0 Å². The molecule has 5 rings (SSSR count). The zero-order valence-corrected chi connectivity index (χ0v) is 24.1. The first-order valence-electron chi connectivity index (χ1n) is 14.0. The summed E-state index contributed by atoms with van der Waals surface area (Å²) in [7, 11) is 1.63. The number of benzene rings is 3. The number of allylic oxidation sites excluding steroid dienone is 1. The number of nitrogens with one attached hydrogen (secondary N) is 2. The molecule has 2 aliphatic rings. The minimum absolute atomic E-state index is 0.0183. The van der Waals surface area contributed by atoms with Crippen molar-refractivity contribution in [2.75, 3.05) is 24.4 Å². The first-order valence-corrected chi connectivity index (χ1v) is 14.0. The van der Waals surface area contributed by atoms with Crippen LogP contribution in [0.2, 0.25) is 0 Å². The molecule has 0 bridgehead atoms. The molecule has 2 unspecified atom stereocenters. The van der Waals surface area contributed by atoms with E-state index in [1.54, 1.807) is 13.2 Å². The average molecular weight is 557 g/mol. The van der Waals surface area contributed by atoms with E-state index in [9.17, 15) is 9.59 Å². The summed E-state index contributed by atoms with van der Waals surface area (Å²) in [6.45, 7) is 7.58. The Morgan fingerprint density at radius 2 is 1.63 bits per heavy atom. The zero-order valence-electron chi connectivity index (χ0n) is 24.1. The fourth-order valence-electron chi connectivity index (χ4n) is 5.48. The van der Waals surface area contributed by atoms with Crippen LogP contribution in [0.3, 0.4) is 0 Å². The van der Waals surface area contributed by atoms with E-state index in [2.05, 4.69) is 10.6 Å². The van der Waals surface area contributed by atoms with Crippen LogP contribution < -0.4 is 29.6 Å². The third-order valence-electron chi connectivity index (χ3n) is 7.19. The Kier molecular flexibility index (Phi) is 8.19. The van der Waals surface area contributed by atoms with Crippen LogP contribution in [-0.4, -0.2) is 31.6 Å². The molecule has 214 valence electrons. The van der Waals surface area contributed by atoms with Crippen molar-refractivity contribution in [1.82, 2.24) is 0 Å². The smallest absolute Gasteiger partial charge is 0.308 e. The number of carbonyl (C=O) groups excluding carboxylic acids is 2. The molecule has 0 saturated carbocycles. The summed E-state index contributed by atoms with van der Waals surface area (Å²) in [4.78, 5) is 25.7. The van der Waals surface area contributed by atoms with E-state index in [0.717, 1.165) is 28.2 Å². The number of hydrogen-bond donors (Lipinski definition) is 2. The number of anilines is 2. The van der Waals surface area contributed by atoms with Crippen LogP contribution in [0, 0.1) is 0 Å². The maximum atomic E-state index is 14.0. The Labute approximate surface area is 240 Å². The number of esters is 1. The molecule has 0 radical (unpaired) electrons. The summed E-state index contributed by atoms with van der Waals surface area (Å²) < 4.78 is 22.7. The van der Waals surface area contributed by atoms with E-state index in [1.807, 2.05) is 75.4 Å². The van der Waals surface area contributed by atoms with Gasteiger partial charge < -0.3 is 29.6 Å². The van der Waals surface area contributed by atoms with Crippen molar-refractivity contribution in [3.05, 3.63) is 83.1 Å². The van der Waals surface area contributed by atoms with E-state index in [0.29, 0.717) is 48.0 Å². The molecule has 2 atom stereocenters. The van der Waals surface area contributed by atoms with Crippen LogP contribution in [-0.2, 0) is 9.59 Å². The molecule has 8 nitrogen and oxygen atoms in total. The number of carbonyl (C=O) groups is 2. The van der Waals surface area contributed by atoms with Gasteiger partial charge in [0.15, 0.2) is 28.8 Å².